The zero-order valence-electron chi connectivity index (χ0n) is 20.9. The zero-order chi connectivity index (χ0) is 24.0. The lowest BCUT2D eigenvalue weighted by Gasteiger charge is -2.54. The topological polar surface area (TPSA) is 68.2 Å². The van der Waals surface area contributed by atoms with Crippen molar-refractivity contribution < 1.29 is 24.1 Å². The highest BCUT2D eigenvalue weighted by Crippen LogP contribution is 2.54. The number of phenols is 1. The molecule has 1 aromatic carbocycles. The van der Waals surface area contributed by atoms with Crippen molar-refractivity contribution in [2.24, 2.45) is 11.8 Å². The summed E-state index contributed by atoms with van der Waals surface area (Å²) in [6, 6.07) is 5.37. The van der Waals surface area contributed by atoms with Gasteiger partial charge in [0.1, 0.15) is 22.7 Å². The second-order valence-corrected chi connectivity index (χ2v) is 11.4. The summed E-state index contributed by atoms with van der Waals surface area (Å²) in [7, 11) is 0. The second-order valence-electron chi connectivity index (χ2n) is 11.4. The summed E-state index contributed by atoms with van der Waals surface area (Å²) in [5.74, 6) is 1.34. The van der Waals surface area contributed by atoms with Crippen molar-refractivity contribution in [3.05, 3.63) is 35.4 Å². The summed E-state index contributed by atoms with van der Waals surface area (Å²) in [6.45, 7) is 13.4. The number of phenolic OH excluding ortho intramolecular Hbond substituents is 1. The lowest BCUT2D eigenvalue weighted by atomic mass is 9.68. The van der Waals surface area contributed by atoms with E-state index in [1.807, 2.05) is 31.7 Å². The van der Waals surface area contributed by atoms with Crippen LogP contribution in [0.1, 0.15) is 78.9 Å². The van der Waals surface area contributed by atoms with Crippen LogP contribution in [0.2, 0.25) is 0 Å². The fourth-order valence-corrected chi connectivity index (χ4v) is 5.56. The van der Waals surface area contributed by atoms with E-state index in [-0.39, 0.29) is 35.9 Å². The summed E-state index contributed by atoms with van der Waals surface area (Å²) in [6.07, 6.45) is 5.57. The van der Waals surface area contributed by atoms with Gasteiger partial charge in [-0.1, -0.05) is 11.6 Å². The van der Waals surface area contributed by atoms with E-state index in [0.717, 1.165) is 37.0 Å². The molecule has 3 aliphatic rings. The van der Waals surface area contributed by atoms with Crippen LogP contribution in [0.25, 0.3) is 0 Å². The number of aromatic hydroxyl groups is 1. The molecule has 0 aliphatic carbocycles. The molecular weight excluding hydrogens is 418 g/mol. The molecule has 0 radical (unpaired) electrons. The number of hydrogen-bond acceptors (Lipinski definition) is 5. The normalized spacial score (nSPS) is 30.9. The number of piperidine rings is 1. The number of ether oxygens (including phenoxy) is 3. The first-order chi connectivity index (χ1) is 15.4. The molecule has 1 N–H and O–H groups in total. The molecule has 0 saturated carbocycles. The number of fused-ring (bicyclic) bond motifs is 4. The van der Waals surface area contributed by atoms with E-state index in [9.17, 15) is 9.90 Å². The molecule has 0 bridgehead atoms. The van der Waals surface area contributed by atoms with Gasteiger partial charge >= 0.3 is 6.09 Å². The number of carbonyl (C=O) groups excluding carboxylic acids is 1. The van der Waals surface area contributed by atoms with E-state index in [0.29, 0.717) is 13.1 Å². The highest BCUT2D eigenvalue weighted by molar-refractivity contribution is 5.68. The number of amides is 1. The molecule has 4 rings (SSSR count). The molecule has 1 amide bonds. The zero-order valence-corrected chi connectivity index (χ0v) is 20.9. The molecule has 182 valence electrons. The lowest BCUT2D eigenvalue weighted by molar-refractivity contribution is -0.191. The minimum atomic E-state index is -0.502. The van der Waals surface area contributed by atoms with Crippen molar-refractivity contribution in [3.8, 4) is 11.5 Å². The Bertz CT molecular complexity index is 916. The maximum Gasteiger partial charge on any atom is 0.410 e. The standard InChI is InChI=1S/C27H39NO5/c1-17(2)8-7-12-27(6)21-14-18-16-28(25(30)33-26(3,4)5)13-11-22(18)31-24(21)20-10-9-19(29)15-23(20)32-27/h8-10,15,18,21-22,24,29H,7,11-14,16H2,1-6H3/t18-,21+,22+,24-,27+/m0/s1. The minimum absolute atomic E-state index is 0.0691. The Labute approximate surface area is 197 Å². The number of nitrogens with zero attached hydrogens (tertiary/aromatic N) is 1. The van der Waals surface area contributed by atoms with Crippen LogP contribution in [0.4, 0.5) is 4.79 Å². The molecule has 3 aliphatic heterocycles. The second kappa shape index (κ2) is 8.86. The summed E-state index contributed by atoms with van der Waals surface area (Å²) in [5, 5.41) is 10.1. The SMILES string of the molecule is CC(C)=CCC[C@@]1(C)Oc2cc(O)ccc2[C@@H]2O[C@@H]3CCN(C(=O)OC(C)(C)C)C[C@@H]3C[C@H]21. The average Bonchev–Trinajstić information content (AvgIpc) is 2.70. The first kappa shape index (κ1) is 23.9. The van der Waals surface area contributed by atoms with Gasteiger partial charge in [-0.25, -0.2) is 4.79 Å². The predicted molar refractivity (Wildman–Crippen MR) is 127 cm³/mol. The van der Waals surface area contributed by atoms with Crippen molar-refractivity contribution in [2.45, 2.75) is 90.6 Å². The summed E-state index contributed by atoms with van der Waals surface area (Å²) in [5.41, 5.74) is 1.39. The first-order valence-corrected chi connectivity index (χ1v) is 12.2. The van der Waals surface area contributed by atoms with Gasteiger partial charge in [0.05, 0.1) is 12.2 Å². The van der Waals surface area contributed by atoms with Crippen molar-refractivity contribution in [3.63, 3.8) is 0 Å². The minimum Gasteiger partial charge on any atom is -0.508 e. The lowest BCUT2D eigenvalue weighted by Crippen LogP contribution is -2.57. The number of benzene rings is 1. The highest BCUT2D eigenvalue weighted by atomic mass is 16.6. The third kappa shape index (κ3) is 5.16. The molecular formula is C27H39NO5. The fraction of sp³-hybridized carbons (Fsp3) is 0.667. The Kier molecular flexibility index (Phi) is 6.43. The Morgan fingerprint density at radius 2 is 2.09 bits per heavy atom. The molecule has 0 unspecified atom stereocenters. The Balaban J connectivity index is 1.58. The Hall–Kier alpha value is -2.21. The van der Waals surface area contributed by atoms with E-state index in [4.69, 9.17) is 14.2 Å². The van der Waals surface area contributed by atoms with Crippen LogP contribution in [0, 0.1) is 11.8 Å². The number of rotatable bonds is 3. The quantitative estimate of drug-likeness (QED) is 0.565. The van der Waals surface area contributed by atoms with E-state index in [2.05, 4.69) is 26.8 Å². The van der Waals surface area contributed by atoms with E-state index in [1.54, 1.807) is 12.1 Å². The van der Waals surface area contributed by atoms with Crippen LogP contribution in [-0.2, 0) is 9.47 Å². The molecule has 6 heteroatoms. The molecule has 6 nitrogen and oxygen atoms in total. The van der Waals surface area contributed by atoms with Gasteiger partial charge in [-0.3, -0.25) is 0 Å². The molecule has 5 atom stereocenters. The third-order valence-corrected chi connectivity index (χ3v) is 7.18. The van der Waals surface area contributed by atoms with Crippen LogP contribution in [0.15, 0.2) is 29.8 Å². The molecule has 2 fully saturated rings. The summed E-state index contributed by atoms with van der Waals surface area (Å²) >= 11 is 0. The van der Waals surface area contributed by atoms with Gasteiger partial charge in [-0.15, -0.1) is 0 Å². The monoisotopic (exact) mass is 457 g/mol. The van der Waals surface area contributed by atoms with Gasteiger partial charge in [0, 0.05) is 36.6 Å². The third-order valence-electron chi connectivity index (χ3n) is 7.18. The molecule has 33 heavy (non-hydrogen) atoms. The van der Waals surface area contributed by atoms with Crippen molar-refractivity contribution in [1.82, 2.24) is 4.90 Å². The molecule has 1 aromatic rings. The van der Waals surface area contributed by atoms with Gasteiger partial charge in [-0.05, 0) is 79.4 Å². The summed E-state index contributed by atoms with van der Waals surface area (Å²) < 4.78 is 19.0. The van der Waals surface area contributed by atoms with Gasteiger partial charge < -0.3 is 24.2 Å². The number of hydrogen-bond donors (Lipinski definition) is 1. The largest absolute Gasteiger partial charge is 0.508 e. The van der Waals surface area contributed by atoms with Gasteiger partial charge in [0.15, 0.2) is 0 Å². The van der Waals surface area contributed by atoms with Gasteiger partial charge in [-0.2, -0.15) is 0 Å². The first-order valence-electron chi connectivity index (χ1n) is 12.2. The molecule has 2 saturated heterocycles. The highest BCUT2D eigenvalue weighted by Gasteiger charge is 2.53. The Morgan fingerprint density at radius 1 is 1.33 bits per heavy atom. The molecule has 0 spiro atoms. The van der Waals surface area contributed by atoms with E-state index < -0.39 is 11.2 Å². The predicted octanol–water partition coefficient (Wildman–Crippen LogP) is 5.99. The summed E-state index contributed by atoms with van der Waals surface area (Å²) in [4.78, 5) is 14.5. The Morgan fingerprint density at radius 3 is 2.79 bits per heavy atom. The fourth-order valence-electron chi connectivity index (χ4n) is 5.56. The van der Waals surface area contributed by atoms with Crippen LogP contribution >= 0.6 is 0 Å². The van der Waals surface area contributed by atoms with Crippen molar-refractivity contribution in [1.29, 1.82) is 0 Å². The van der Waals surface area contributed by atoms with E-state index in [1.165, 1.54) is 5.57 Å². The van der Waals surface area contributed by atoms with E-state index >= 15 is 0 Å². The van der Waals surface area contributed by atoms with Crippen molar-refractivity contribution >= 4 is 6.09 Å². The van der Waals surface area contributed by atoms with Crippen LogP contribution in [-0.4, -0.2) is 46.5 Å². The number of carbonyl (C=O) groups is 1. The van der Waals surface area contributed by atoms with Gasteiger partial charge in [0.2, 0.25) is 0 Å². The van der Waals surface area contributed by atoms with Crippen LogP contribution in [0.5, 0.6) is 11.5 Å². The average molecular weight is 458 g/mol. The maximum absolute atomic E-state index is 12.7. The van der Waals surface area contributed by atoms with Crippen LogP contribution in [0.3, 0.4) is 0 Å². The van der Waals surface area contributed by atoms with Crippen molar-refractivity contribution in [2.75, 3.05) is 13.1 Å². The molecule has 0 aromatic heterocycles. The van der Waals surface area contributed by atoms with Crippen LogP contribution < -0.4 is 4.74 Å². The smallest absolute Gasteiger partial charge is 0.410 e. The number of allylic oxidation sites excluding steroid dienone is 2. The maximum atomic E-state index is 12.7. The molecule has 3 heterocycles. The number of likely N-dealkylation sites (tertiary alicyclic amines) is 1. The van der Waals surface area contributed by atoms with Gasteiger partial charge in [0.25, 0.3) is 0 Å².